The summed E-state index contributed by atoms with van der Waals surface area (Å²) in [6.45, 7) is 4.07. The zero-order valence-corrected chi connectivity index (χ0v) is 12.4. The second-order valence-electron chi connectivity index (χ2n) is 6.10. The van der Waals surface area contributed by atoms with Crippen LogP contribution in [0.2, 0.25) is 0 Å². The quantitative estimate of drug-likeness (QED) is 0.825. The number of hydrogen-bond acceptors (Lipinski definition) is 4. The van der Waals surface area contributed by atoms with Crippen molar-refractivity contribution in [3.05, 3.63) is 23.8 Å². The molecule has 1 saturated carbocycles. The van der Waals surface area contributed by atoms with Crippen LogP contribution in [0, 0.1) is 0 Å². The lowest BCUT2D eigenvalue weighted by molar-refractivity contribution is 0.100. The van der Waals surface area contributed by atoms with E-state index in [0.717, 1.165) is 37.9 Å². The molecule has 2 fully saturated rings. The molecule has 1 aliphatic carbocycles. The molecule has 5 nitrogen and oxygen atoms in total. The van der Waals surface area contributed by atoms with E-state index in [1.54, 1.807) is 12.1 Å². The van der Waals surface area contributed by atoms with Crippen LogP contribution < -0.4 is 16.4 Å². The van der Waals surface area contributed by atoms with Crippen molar-refractivity contribution in [1.29, 1.82) is 0 Å². The highest BCUT2D eigenvalue weighted by Crippen LogP contribution is 2.28. The van der Waals surface area contributed by atoms with Crippen molar-refractivity contribution in [2.24, 2.45) is 5.73 Å². The molecule has 1 amide bonds. The molecule has 1 heterocycles. The van der Waals surface area contributed by atoms with Gasteiger partial charge in [-0.15, -0.1) is 0 Å². The van der Waals surface area contributed by atoms with Crippen LogP contribution in [0.15, 0.2) is 18.2 Å². The highest BCUT2D eigenvalue weighted by atomic mass is 16.1. The third-order valence-electron chi connectivity index (χ3n) is 4.81. The van der Waals surface area contributed by atoms with E-state index in [2.05, 4.69) is 9.80 Å². The molecule has 2 aliphatic rings. The predicted octanol–water partition coefficient (Wildman–Crippen LogP) is 1.43. The van der Waals surface area contributed by atoms with E-state index in [9.17, 15) is 4.79 Å². The first-order chi connectivity index (χ1) is 10.1. The molecule has 0 unspecified atom stereocenters. The third kappa shape index (κ3) is 2.97. The molecule has 0 atom stereocenters. The minimum Gasteiger partial charge on any atom is -0.397 e. The van der Waals surface area contributed by atoms with E-state index < -0.39 is 5.91 Å². The molecular formula is C16H24N4O. The molecule has 0 aromatic heterocycles. The van der Waals surface area contributed by atoms with Crippen molar-refractivity contribution >= 4 is 17.3 Å². The molecule has 21 heavy (non-hydrogen) atoms. The molecule has 4 N–H and O–H groups in total. The third-order valence-corrected chi connectivity index (χ3v) is 4.81. The van der Waals surface area contributed by atoms with Gasteiger partial charge in [0.2, 0.25) is 5.91 Å². The highest BCUT2D eigenvalue weighted by molar-refractivity contribution is 5.95. The maximum absolute atomic E-state index is 11.3. The zero-order valence-electron chi connectivity index (χ0n) is 12.4. The van der Waals surface area contributed by atoms with Crippen molar-refractivity contribution in [2.45, 2.75) is 31.7 Å². The summed E-state index contributed by atoms with van der Waals surface area (Å²) >= 11 is 0. The Bertz CT molecular complexity index is 517. The molecule has 114 valence electrons. The Kier molecular flexibility index (Phi) is 4.01. The number of amides is 1. The first kappa shape index (κ1) is 14.2. The summed E-state index contributed by atoms with van der Waals surface area (Å²) in [6, 6.07) is 6.07. The van der Waals surface area contributed by atoms with E-state index in [-0.39, 0.29) is 0 Å². The van der Waals surface area contributed by atoms with Crippen LogP contribution in [0.25, 0.3) is 0 Å². The molecule has 1 aromatic carbocycles. The van der Waals surface area contributed by atoms with Gasteiger partial charge in [-0.1, -0.05) is 12.8 Å². The second-order valence-corrected chi connectivity index (χ2v) is 6.10. The topological polar surface area (TPSA) is 75.6 Å². The van der Waals surface area contributed by atoms with Crippen LogP contribution >= 0.6 is 0 Å². The number of nitrogens with zero attached hydrogens (tertiary/aromatic N) is 2. The standard InChI is InChI=1S/C16H24N4O/c17-14-6-5-12(16(18)21)11-15(14)20-9-7-19(8-10-20)13-3-1-2-4-13/h5-6,11,13H,1-4,7-10,17H2,(H2,18,21). The average molecular weight is 288 g/mol. The second kappa shape index (κ2) is 5.93. The van der Waals surface area contributed by atoms with Crippen LogP contribution in [-0.4, -0.2) is 43.0 Å². The zero-order chi connectivity index (χ0) is 14.8. The van der Waals surface area contributed by atoms with Crippen LogP contribution in [0.3, 0.4) is 0 Å². The first-order valence-corrected chi connectivity index (χ1v) is 7.83. The Morgan fingerprint density at radius 2 is 1.76 bits per heavy atom. The fraction of sp³-hybridized carbons (Fsp3) is 0.562. The monoisotopic (exact) mass is 288 g/mol. The highest BCUT2D eigenvalue weighted by Gasteiger charge is 2.26. The Labute approximate surface area is 125 Å². The Hall–Kier alpha value is -1.75. The number of primary amides is 1. The molecule has 0 bridgehead atoms. The number of rotatable bonds is 3. The normalized spacial score (nSPS) is 20.9. The molecule has 1 saturated heterocycles. The summed E-state index contributed by atoms with van der Waals surface area (Å²) in [5, 5.41) is 0. The summed E-state index contributed by atoms with van der Waals surface area (Å²) in [7, 11) is 0. The van der Waals surface area contributed by atoms with Crippen LogP contribution in [0.1, 0.15) is 36.0 Å². The number of piperazine rings is 1. The van der Waals surface area contributed by atoms with Crippen LogP contribution in [0.5, 0.6) is 0 Å². The van der Waals surface area contributed by atoms with E-state index >= 15 is 0 Å². The Balaban J connectivity index is 1.68. The van der Waals surface area contributed by atoms with Crippen molar-refractivity contribution in [2.75, 3.05) is 36.8 Å². The lowest BCUT2D eigenvalue weighted by Gasteiger charge is -2.39. The number of nitrogen functional groups attached to an aromatic ring is 1. The van der Waals surface area contributed by atoms with Gasteiger partial charge in [0, 0.05) is 37.8 Å². The summed E-state index contributed by atoms with van der Waals surface area (Å²) < 4.78 is 0. The van der Waals surface area contributed by atoms with Crippen LogP contribution in [-0.2, 0) is 0 Å². The number of hydrogen-bond donors (Lipinski definition) is 2. The van der Waals surface area contributed by atoms with Crippen molar-refractivity contribution < 1.29 is 4.79 Å². The molecule has 1 aromatic rings. The van der Waals surface area contributed by atoms with Gasteiger partial charge in [-0.25, -0.2) is 0 Å². The minimum absolute atomic E-state index is 0.402. The van der Waals surface area contributed by atoms with Gasteiger partial charge in [0.25, 0.3) is 0 Å². The van der Waals surface area contributed by atoms with Crippen LogP contribution in [0.4, 0.5) is 11.4 Å². The summed E-state index contributed by atoms with van der Waals surface area (Å²) in [5.74, 6) is -0.402. The number of benzene rings is 1. The van der Waals surface area contributed by atoms with E-state index in [4.69, 9.17) is 11.5 Å². The lowest BCUT2D eigenvalue weighted by atomic mass is 10.1. The Morgan fingerprint density at radius 1 is 1.10 bits per heavy atom. The fourth-order valence-corrected chi connectivity index (χ4v) is 3.57. The van der Waals surface area contributed by atoms with E-state index in [1.165, 1.54) is 25.7 Å². The van der Waals surface area contributed by atoms with E-state index in [1.807, 2.05) is 6.07 Å². The summed E-state index contributed by atoms with van der Waals surface area (Å²) in [4.78, 5) is 16.2. The van der Waals surface area contributed by atoms with Gasteiger partial charge in [-0.05, 0) is 31.0 Å². The van der Waals surface area contributed by atoms with Gasteiger partial charge in [0.15, 0.2) is 0 Å². The molecule has 5 heteroatoms. The van der Waals surface area contributed by atoms with Gasteiger partial charge in [0.05, 0.1) is 11.4 Å². The van der Waals surface area contributed by atoms with Gasteiger partial charge >= 0.3 is 0 Å². The van der Waals surface area contributed by atoms with E-state index in [0.29, 0.717) is 11.3 Å². The molecule has 0 radical (unpaired) electrons. The molecule has 1 aliphatic heterocycles. The molecule has 0 spiro atoms. The van der Waals surface area contributed by atoms with Gasteiger partial charge < -0.3 is 16.4 Å². The van der Waals surface area contributed by atoms with Crippen molar-refractivity contribution in [3.8, 4) is 0 Å². The number of nitrogens with two attached hydrogens (primary N) is 2. The number of anilines is 2. The van der Waals surface area contributed by atoms with Gasteiger partial charge in [0.1, 0.15) is 0 Å². The SMILES string of the molecule is NC(=O)c1ccc(N)c(N2CCN(C3CCCC3)CC2)c1. The first-order valence-electron chi connectivity index (χ1n) is 7.83. The number of carbonyl (C=O) groups excluding carboxylic acids is 1. The smallest absolute Gasteiger partial charge is 0.248 e. The predicted molar refractivity (Wildman–Crippen MR) is 85.4 cm³/mol. The van der Waals surface area contributed by atoms with Crippen molar-refractivity contribution in [1.82, 2.24) is 4.90 Å². The molecular weight excluding hydrogens is 264 g/mol. The number of carbonyl (C=O) groups is 1. The fourth-order valence-electron chi connectivity index (χ4n) is 3.57. The summed E-state index contributed by atoms with van der Waals surface area (Å²) in [6.07, 6.45) is 5.44. The Morgan fingerprint density at radius 3 is 2.38 bits per heavy atom. The maximum atomic E-state index is 11.3. The average Bonchev–Trinajstić information content (AvgIpc) is 3.02. The van der Waals surface area contributed by atoms with Gasteiger partial charge in [-0.3, -0.25) is 9.69 Å². The molecule has 3 rings (SSSR count). The minimum atomic E-state index is -0.402. The summed E-state index contributed by atoms with van der Waals surface area (Å²) in [5.41, 5.74) is 13.6. The van der Waals surface area contributed by atoms with Crippen molar-refractivity contribution in [3.63, 3.8) is 0 Å². The largest absolute Gasteiger partial charge is 0.397 e. The lowest BCUT2D eigenvalue weighted by Crippen LogP contribution is -2.49. The van der Waals surface area contributed by atoms with Gasteiger partial charge in [-0.2, -0.15) is 0 Å². The maximum Gasteiger partial charge on any atom is 0.248 e.